The molecule has 21 heavy (non-hydrogen) atoms. The van der Waals surface area contributed by atoms with Gasteiger partial charge in [-0.05, 0) is 42.7 Å². The summed E-state index contributed by atoms with van der Waals surface area (Å²) in [6.45, 7) is 1.39. The second kappa shape index (κ2) is 6.84. The van der Waals surface area contributed by atoms with Crippen LogP contribution in [0.3, 0.4) is 0 Å². The van der Waals surface area contributed by atoms with E-state index in [1.807, 2.05) is 0 Å². The van der Waals surface area contributed by atoms with Crippen molar-refractivity contribution in [3.8, 4) is 0 Å². The van der Waals surface area contributed by atoms with Crippen molar-refractivity contribution in [2.45, 2.75) is 43.2 Å². The van der Waals surface area contributed by atoms with Gasteiger partial charge in [-0.3, -0.25) is 10.1 Å². The van der Waals surface area contributed by atoms with Crippen LogP contribution in [-0.4, -0.2) is 30.2 Å². The van der Waals surface area contributed by atoms with Gasteiger partial charge in [-0.15, -0.1) is 11.8 Å². The van der Waals surface area contributed by atoms with Gasteiger partial charge >= 0.3 is 0 Å². The molecule has 1 aromatic carbocycles. The van der Waals surface area contributed by atoms with Gasteiger partial charge in [0, 0.05) is 11.4 Å². The van der Waals surface area contributed by atoms with Gasteiger partial charge in [0.2, 0.25) is 5.91 Å². The molecule has 2 fully saturated rings. The maximum atomic E-state index is 12.2. The summed E-state index contributed by atoms with van der Waals surface area (Å²) in [5, 5.41) is 3.37. The highest BCUT2D eigenvalue weighted by atomic mass is 32.2. The van der Waals surface area contributed by atoms with Crippen molar-refractivity contribution in [2.24, 2.45) is 5.92 Å². The highest BCUT2D eigenvalue weighted by molar-refractivity contribution is 7.98. The zero-order chi connectivity index (χ0) is 14.7. The number of rotatable bonds is 4. The lowest BCUT2D eigenvalue weighted by atomic mass is 9.89. The van der Waals surface area contributed by atoms with E-state index < -0.39 is 0 Å². The third-order valence-corrected chi connectivity index (χ3v) is 5.43. The number of nitrogens with zero attached hydrogens (tertiary/aromatic N) is 1. The molecule has 1 atom stereocenters. The first kappa shape index (κ1) is 14.9. The van der Waals surface area contributed by atoms with Gasteiger partial charge in [0.25, 0.3) is 0 Å². The van der Waals surface area contributed by atoms with Crippen LogP contribution in [0, 0.1) is 5.92 Å². The number of amides is 1. The Morgan fingerprint density at radius 1 is 1.19 bits per heavy atom. The van der Waals surface area contributed by atoms with E-state index in [4.69, 9.17) is 0 Å². The fraction of sp³-hybridized carbons (Fsp3) is 0.588. The van der Waals surface area contributed by atoms with Crippen LogP contribution in [-0.2, 0) is 4.79 Å². The summed E-state index contributed by atoms with van der Waals surface area (Å²) < 4.78 is 0. The zero-order valence-electron chi connectivity index (χ0n) is 12.7. The number of thioether (sulfide) groups is 1. The molecule has 4 heteroatoms. The van der Waals surface area contributed by atoms with Crippen LogP contribution in [0.5, 0.6) is 0 Å². The first-order chi connectivity index (χ1) is 10.3. The minimum Gasteiger partial charge on any atom is -0.322 e. The summed E-state index contributed by atoms with van der Waals surface area (Å²) in [5.41, 5.74) is 1.20. The van der Waals surface area contributed by atoms with Crippen molar-refractivity contribution in [3.05, 3.63) is 29.8 Å². The molecule has 1 unspecified atom stereocenters. The summed E-state index contributed by atoms with van der Waals surface area (Å²) in [7, 11) is 0. The fourth-order valence-corrected chi connectivity index (χ4v) is 3.89. The molecule has 3 rings (SSSR count). The molecule has 1 N–H and O–H groups in total. The molecule has 1 aliphatic carbocycles. The van der Waals surface area contributed by atoms with Gasteiger partial charge in [-0.25, -0.2) is 0 Å². The second-order valence-electron chi connectivity index (χ2n) is 6.11. The lowest BCUT2D eigenvalue weighted by Crippen LogP contribution is -2.35. The van der Waals surface area contributed by atoms with Gasteiger partial charge in [-0.1, -0.05) is 31.4 Å². The highest BCUT2D eigenvalue weighted by Gasteiger charge is 2.33. The van der Waals surface area contributed by atoms with E-state index in [-0.39, 0.29) is 12.1 Å². The van der Waals surface area contributed by atoms with Gasteiger partial charge in [0.05, 0.1) is 6.54 Å². The summed E-state index contributed by atoms with van der Waals surface area (Å²) in [6.07, 6.45) is 8.73. The number of hydrogen-bond acceptors (Lipinski definition) is 3. The Morgan fingerprint density at radius 2 is 1.90 bits per heavy atom. The monoisotopic (exact) mass is 304 g/mol. The summed E-state index contributed by atoms with van der Waals surface area (Å²) in [5.74, 6) is 0.940. The summed E-state index contributed by atoms with van der Waals surface area (Å²) >= 11 is 1.75. The van der Waals surface area contributed by atoms with Crippen molar-refractivity contribution in [2.75, 3.05) is 19.3 Å². The number of nitrogens with one attached hydrogen (secondary N) is 1. The maximum absolute atomic E-state index is 12.2. The number of carbonyl (C=O) groups is 1. The molecule has 1 aliphatic heterocycles. The van der Waals surface area contributed by atoms with E-state index in [1.165, 1.54) is 42.6 Å². The quantitative estimate of drug-likeness (QED) is 0.865. The fourth-order valence-electron chi connectivity index (χ4n) is 3.48. The van der Waals surface area contributed by atoms with E-state index in [0.717, 1.165) is 6.54 Å². The lowest BCUT2D eigenvalue weighted by Gasteiger charge is -2.31. The first-order valence-corrected chi connectivity index (χ1v) is 9.17. The number of carbonyl (C=O) groups excluding carboxylic acids is 1. The molecule has 114 valence electrons. The average Bonchev–Trinajstić information content (AvgIpc) is 2.90. The van der Waals surface area contributed by atoms with Gasteiger partial charge < -0.3 is 4.90 Å². The molecule has 0 radical (unpaired) electrons. The van der Waals surface area contributed by atoms with Crippen molar-refractivity contribution in [1.29, 1.82) is 0 Å². The molecule has 1 saturated carbocycles. The van der Waals surface area contributed by atoms with E-state index in [9.17, 15) is 4.79 Å². The molecule has 1 saturated heterocycles. The second-order valence-corrected chi connectivity index (χ2v) is 6.99. The van der Waals surface area contributed by atoms with Gasteiger partial charge in [0.1, 0.15) is 6.17 Å². The minimum atomic E-state index is 0.0651. The topological polar surface area (TPSA) is 32.3 Å². The van der Waals surface area contributed by atoms with Gasteiger partial charge in [0.15, 0.2) is 0 Å². The van der Waals surface area contributed by atoms with Crippen LogP contribution < -0.4 is 5.32 Å². The van der Waals surface area contributed by atoms with Crippen molar-refractivity contribution in [3.63, 3.8) is 0 Å². The number of hydrogen-bond donors (Lipinski definition) is 1. The normalized spacial score (nSPS) is 23.8. The Labute approximate surface area is 131 Å². The average molecular weight is 304 g/mol. The Hall–Kier alpha value is -1.00. The molecular formula is C17H24N2OS. The molecule has 1 heterocycles. The largest absolute Gasteiger partial charge is 0.322 e. The predicted octanol–water partition coefficient (Wildman–Crippen LogP) is 3.42. The molecule has 3 nitrogen and oxygen atoms in total. The SMILES string of the molecule is CSc1ccc(C2NCC(=O)N2CC2CCCCC2)cc1. The smallest absolute Gasteiger partial charge is 0.238 e. The van der Waals surface area contributed by atoms with Crippen LogP contribution in [0.15, 0.2) is 29.2 Å². The van der Waals surface area contributed by atoms with Crippen LogP contribution in [0.1, 0.15) is 43.8 Å². The summed E-state index contributed by atoms with van der Waals surface area (Å²) in [4.78, 5) is 15.5. The predicted molar refractivity (Wildman–Crippen MR) is 87.3 cm³/mol. The summed E-state index contributed by atoms with van der Waals surface area (Å²) in [6, 6.07) is 8.58. The Morgan fingerprint density at radius 3 is 2.57 bits per heavy atom. The lowest BCUT2D eigenvalue weighted by molar-refractivity contribution is -0.128. The molecule has 0 spiro atoms. The molecule has 2 aliphatic rings. The zero-order valence-corrected chi connectivity index (χ0v) is 13.5. The third kappa shape index (κ3) is 3.43. The van der Waals surface area contributed by atoms with E-state index in [2.05, 4.69) is 40.7 Å². The standard InChI is InChI=1S/C17H24N2OS/c1-21-15-9-7-14(8-10-15)17-18-11-16(20)19(17)12-13-5-3-2-4-6-13/h7-10,13,17-18H,2-6,11-12H2,1H3. The number of benzene rings is 1. The molecular weight excluding hydrogens is 280 g/mol. The van der Waals surface area contributed by atoms with E-state index in [0.29, 0.717) is 12.5 Å². The van der Waals surface area contributed by atoms with Gasteiger partial charge in [-0.2, -0.15) is 0 Å². The Bertz CT molecular complexity index is 482. The molecule has 0 aromatic heterocycles. The van der Waals surface area contributed by atoms with E-state index >= 15 is 0 Å². The van der Waals surface area contributed by atoms with Crippen LogP contribution >= 0.6 is 11.8 Å². The van der Waals surface area contributed by atoms with Crippen molar-refractivity contribution < 1.29 is 4.79 Å². The van der Waals surface area contributed by atoms with Crippen molar-refractivity contribution in [1.82, 2.24) is 10.2 Å². The molecule has 1 aromatic rings. The highest BCUT2D eigenvalue weighted by Crippen LogP contribution is 2.30. The Kier molecular flexibility index (Phi) is 4.86. The van der Waals surface area contributed by atoms with Crippen LogP contribution in [0.25, 0.3) is 0 Å². The third-order valence-electron chi connectivity index (χ3n) is 4.69. The molecule has 0 bridgehead atoms. The Balaban J connectivity index is 1.71. The van der Waals surface area contributed by atoms with Crippen molar-refractivity contribution >= 4 is 17.7 Å². The van der Waals surface area contributed by atoms with Crippen LogP contribution in [0.2, 0.25) is 0 Å². The first-order valence-electron chi connectivity index (χ1n) is 7.95. The maximum Gasteiger partial charge on any atom is 0.238 e. The minimum absolute atomic E-state index is 0.0651. The van der Waals surface area contributed by atoms with E-state index in [1.54, 1.807) is 11.8 Å². The van der Waals surface area contributed by atoms with Crippen LogP contribution in [0.4, 0.5) is 0 Å². The molecule has 1 amide bonds.